The molecule has 0 radical (unpaired) electrons. The van der Waals surface area contributed by atoms with Gasteiger partial charge in [-0.25, -0.2) is 9.07 Å². The standard InChI is InChI=1S/C11H9FN2O/c1-8(15)9-3-4-11(10(12)7-9)14-6-2-5-13-14/h2-7H,1H3. The van der Waals surface area contributed by atoms with Crippen LogP contribution in [0, 0.1) is 5.82 Å². The van der Waals surface area contributed by atoms with E-state index in [4.69, 9.17) is 0 Å². The lowest BCUT2D eigenvalue weighted by atomic mass is 10.1. The van der Waals surface area contributed by atoms with E-state index >= 15 is 0 Å². The Bertz CT molecular complexity index is 491. The number of carbonyl (C=O) groups is 1. The predicted molar refractivity (Wildman–Crippen MR) is 53.5 cm³/mol. The number of hydrogen-bond acceptors (Lipinski definition) is 2. The van der Waals surface area contributed by atoms with Gasteiger partial charge in [0.2, 0.25) is 0 Å². The molecule has 0 fully saturated rings. The van der Waals surface area contributed by atoms with Gasteiger partial charge in [-0.3, -0.25) is 4.79 Å². The van der Waals surface area contributed by atoms with E-state index in [2.05, 4.69) is 5.10 Å². The predicted octanol–water partition coefficient (Wildman–Crippen LogP) is 2.21. The third-order valence-electron chi connectivity index (χ3n) is 2.11. The Morgan fingerprint density at radius 2 is 2.27 bits per heavy atom. The first-order valence-electron chi connectivity index (χ1n) is 4.49. The molecule has 0 atom stereocenters. The molecule has 0 N–H and O–H groups in total. The number of nitrogens with zero attached hydrogens (tertiary/aromatic N) is 2. The summed E-state index contributed by atoms with van der Waals surface area (Å²) in [4.78, 5) is 11.0. The number of rotatable bonds is 2. The zero-order valence-electron chi connectivity index (χ0n) is 8.14. The number of hydrogen-bond donors (Lipinski definition) is 0. The number of ketones is 1. The number of Topliss-reactive ketones (excluding diaryl/α,β-unsaturated/α-hetero) is 1. The van der Waals surface area contributed by atoms with Crippen LogP contribution in [0.3, 0.4) is 0 Å². The first kappa shape index (κ1) is 9.58. The lowest BCUT2D eigenvalue weighted by Crippen LogP contribution is -2.00. The second-order valence-electron chi connectivity index (χ2n) is 3.17. The van der Waals surface area contributed by atoms with Crippen LogP contribution >= 0.6 is 0 Å². The highest BCUT2D eigenvalue weighted by Gasteiger charge is 2.07. The zero-order valence-corrected chi connectivity index (χ0v) is 8.14. The number of aromatic nitrogens is 2. The Morgan fingerprint density at radius 3 is 2.80 bits per heavy atom. The highest BCUT2D eigenvalue weighted by atomic mass is 19.1. The van der Waals surface area contributed by atoms with E-state index in [1.807, 2.05) is 0 Å². The van der Waals surface area contributed by atoms with E-state index in [1.165, 1.54) is 17.7 Å². The molecule has 2 aromatic rings. The van der Waals surface area contributed by atoms with Crippen LogP contribution < -0.4 is 0 Å². The molecule has 0 aliphatic rings. The van der Waals surface area contributed by atoms with Gasteiger partial charge >= 0.3 is 0 Å². The van der Waals surface area contributed by atoms with Crippen LogP contribution in [-0.4, -0.2) is 15.6 Å². The summed E-state index contributed by atoms with van der Waals surface area (Å²) in [6.45, 7) is 1.41. The monoisotopic (exact) mass is 204 g/mol. The van der Waals surface area contributed by atoms with Crippen LogP contribution in [0.4, 0.5) is 4.39 Å². The molecule has 0 saturated heterocycles. The smallest absolute Gasteiger partial charge is 0.159 e. The zero-order chi connectivity index (χ0) is 10.8. The van der Waals surface area contributed by atoms with Gasteiger partial charge in [0, 0.05) is 18.0 Å². The number of halogens is 1. The molecule has 0 saturated carbocycles. The second-order valence-corrected chi connectivity index (χ2v) is 3.17. The maximum absolute atomic E-state index is 13.6. The molecule has 0 aliphatic carbocycles. The van der Waals surface area contributed by atoms with Crippen molar-refractivity contribution >= 4 is 5.78 Å². The van der Waals surface area contributed by atoms with Crippen molar-refractivity contribution in [3.8, 4) is 5.69 Å². The first-order valence-corrected chi connectivity index (χ1v) is 4.49. The first-order chi connectivity index (χ1) is 7.18. The fourth-order valence-electron chi connectivity index (χ4n) is 1.32. The van der Waals surface area contributed by atoms with Gasteiger partial charge in [-0.15, -0.1) is 0 Å². The summed E-state index contributed by atoms with van der Waals surface area (Å²) in [6, 6.07) is 6.05. The Morgan fingerprint density at radius 1 is 1.47 bits per heavy atom. The van der Waals surface area contributed by atoms with E-state index < -0.39 is 5.82 Å². The second kappa shape index (κ2) is 3.65. The topological polar surface area (TPSA) is 34.9 Å². The SMILES string of the molecule is CC(=O)c1ccc(-n2cccn2)c(F)c1. The van der Waals surface area contributed by atoms with Gasteiger partial charge in [0.25, 0.3) is 0 Å². The third-order valence-corrected chi connectivity index (χ3v) is 2.11. The summed E-state index contributed by atoms with van der Waals surface area (Å²) in [5, 5.41) is 3.91. The van der Waals surface area contributed by atoms with Crippen LogP contribution in [0.25, 0.3) is 5.69 Å². The molecule has 3 nitrogen and oxygen atoms in total. The molecular formula is C11H9FN2O. The quantitative estimate of drug-likeness (QED) is 0.703. The summed E-state index contributed by atoms with van der Waals surface area (Å²) < 4.78 is 15.0. The molecule has 2 rings (SSSR count). The Kier molecular flexibility index (Phi) is 2.33. The molecule has 1 aromatic carbocycles. The highest BCUT2D eigenvalue weighted by Crippen LogP contribution is 2.14. The van der Waals surface area contributed by atoms with E-state index in [1.54, 1.807) is 30.6 Å². The highest BCUT2D eigenvalue weighted by molar-refractivity contribution is 5.94. The van der Waals surface area contributed by atoms with E-state index in [9.17, 15) is 9.18 Å². The van der Waals surface area contributed by atoms with Crippen molar-refractivity contribution < 1.29 is 9.18 Å². The number of carbonyl (C=O) groups excluding carboxylic acids is 1. The van der Waals surface area contributed by atoms with Gasteiger partial charge in [0.05, 0.1) is 0 Å². The maximum atomic E-state index is 13.6. The van der Waals surface area contributed by atoms with Crippen molar-refractivity contribution in [3.63, 3.8) is 0 Å². The molecule has 0 amide bonds. The largest absolute Gasteiger partial charge is 0.295 e. The molecule has 0 aliphatic heterocycles. The molecular weight excluding hydrogens is 195 g/mol. The average molecular weight is 204 g/mol. The van der Waals surface area contributed by atoms with Gasteiger partial charge in [0.15, 0.2) is 5.78 Å². The van der Waals surface area contributed by atoms with Crippen molar-refractivity contribution in [2.24, 2.45) is 0 Å². The number of benzene rings is 1. The van der Waals surface area contributed by atoms with Crippen LogP contribution in [0.2, 0.25) is 0 Å². The lowest BCUT2D eigenvalue weighted by Gasteiger charge is -2.04. The summed E-state index contributed by atoms with van der Waals surface area (Å²) in [7, 11) is 0. The molecule has 15 heavy (non-hydrogen) atoms. The van der Waals surface area contributed by atoms with Crippen LogP contribution in [0.1, 0.15) is 17.3 Å². The molecule has 4 heteroatoms. The molecule has 1 aromatic heterocycles. The van der Waals surface area contributed by atoms with Gasteiger partial charge in [-0.1, -0.05) is 0 Å². The minimum Gasteiger partial charge on any atom is -0.295 e. The van der Waals surface area contributed by atoms with E-state index in [0.29, 0.717) is 11.3 Å². The van der Waals surface area contributed by atoms with Crippen LogP contribution in [0.15, 0.2) is 36.7 Å². The van der Waals surface area contributed by atoms with Crippen molar-refractivity contribution in [2.45, 2.75) is 6.92 Å². The molecule has 76 valence electrons. The fourth-order valence-corrected chi connectivity index (χ4v) is 1.32. The minimum absolute atomic E-state index is 0.152. The Balaban J connectivity index is 2.48. The third kappa shape index (κ3) is 1.79. The van der Waals surface area contributed by atoms with Crippen molar-refractivity contribution in [3.05, 3.63) is 48.0 Å². The Hall–Kier alpha value is -1.97. The summed E-state index contributed by atoms with van der Waals surface area (Å²) in [5.41, 5.74) is 0.702. The lowest BCUT2D eigenvalue weighted by molar-refractivity contribution is 0.101. The summed E-state index contributed by atoms with van der Waals surface area (Å²) in [5.74, 6) is -0.604. The van der Waals surface area contributed by atoms with Gasteiger partial charge in [-0.2, -0.15) is 5.10 Å². The van der Waals surface area contributed by atoms with E-state index in [-0.39, 0.29) is 5.78 Å². The van der Waals surface area contributed by atoms with Crippen LogP contribution in [0.5, 0.6) is 0 Å². The van der Waals surface area contributed by atoms with Crippen molar-refractivity contribution in [1.82, 2.24) is 9.78 Å². The summed E-state index contributed by atoms with van der Waals surface area (Å²) >= 11 is 0. The summed E-state index contributed by atoms with van der Waals surface area (Å²) in [6.07, 6.45) is 3.21. The van der Waals surface area contributed by atoms with E-state index in [0.717, 1.165) is 0 Å². The maximum Gasteiger partial charge on any atom is 0.159 e. The normalized spacial score (nSPS) is 10.3. The molecule has 0 spiro atoms. The van der Waals surface area contributed by atoms with Crippen LogP contribution in [-0.2, 0) is 0 Å². The van der Waals surface area contributed by atoms with Crippen molar-refractivity contribution in [2.75, 3.05) is 0 Å². The van der Waals surface area contributed by atoms with Gasteiger partial charge in [-0.05, 0) is 31.2 Å². The minimum atomic E-state index is -0.452. The molecule has 1 heterocycles. The molecule has 0 bridgehead atoms. The molecule has 0 unspecified atom stereocenters. The average Bonchev–Trinajstić information content (AvgIpc) is 2.70. The van der Waals surface area contributed by atoms with Gasteiger partial charge < -0.3 is 0 Å². The Labute approximate surface area is 86.2 Å². The van der Waals surface area contributed by atoms with Crippen molar-refractivity contribution in [1.29, 1.82) is 0 Å². The van der Waals surface area contributed by atoms with Gasteiger partial charge in [0.1, 0.15) is 11.5 Å². The fraction of sp³-hybridized carbons (Fsp3) is 0.0909.